The molecule has 0 aliphatic heterocycles. The van der Waals surface area contributed by atoms with Crippen molar-refractivity contribution >= 4 is 21.0 Å². The monoisotopic (exact) mass is 434 g/mol. The average molecular weight is 433 g/mol. The van der Waals surface area contributed by atoms with Crippen LogP contribution in [0.25, 0.3) is 0 Å². The van der Waals surface area contributed by atoms with Crippen LogP contribution in [-0.2, 0) is 0 Å². The summed E-state index contributed by atoms with van der Waals surface area (Å²) in [6.07, 6.45) is 0. The van der Waals surface area contributed by atoms with E-state index < -0.39 is 21.0 Å². The van der Waals surface area contributed by atoms with E-state index in [4.69, 9.17) is 9.22 Å². The second kappa shape index (κ2) is 9.32. The van der Waals surface area contributed by atoms with Gasteiger partial charge in [-0.1, -0.05) is 0 Å². The molecule has 3 nitrogen and oxygen atoms in total. The van der Waals surface area contributed by atoms with Gasteiger partial charge in [0.15, 0.2) is 0 Å². The van der Waals surface area contributed by atoms with E-state index in [1.807, 2.05) is 91.0 Å². The SMILES string of the molecule is [Cl-].c1ccc([O][Sn+]([O]c2ccccc2)[O]c2ccccc2)cc1. The van der Waals surface area contributed by atoms with Crippen molar-refractivity contribution in [3.05, 3.63) is 91.0 Å². The molecule has 3 aromatic carbocycles. The van der Waals surface area contributed by atoms with Gasteiger partial charge in [0.2, 0.25) is 0 Å². The third-order valence-corrected chi connectivity index (χ3v) is 6.28. The first-order valence-corrected chi connectivity index (χ1v) is 10.5. The molecule has 0 heterocycles. The van der Waals surface area contributed by atoms with Gasteiger partial charge in [0.25, 0.3) is 0 Å². The van der Waals surface area contributed by atoms with E-state index in [0.717, 1.165) is 17.2 Å². The van der Waals surface area contributed by atoms with Gasteiger partial charge in [-0.25, -0.2) is 0 Å². The summed E-state index contributed by atoms with van der Waals surface area (Å²) in [7, 11) is 0. The summed E-state index contributed by atoms with van der Waals surface area (Å²) in [5.41, 5.74) is 0. The van der Waals surface area contributed by atoms with Crippen molar-refractivity contribution in [2.75, 3.05) is 0 Å². The number of hydrogen-bond acceptors (Lipinski definition) is 3. The van der Waals surface area contributed by atoms with Gasteiger partial charge in [0.05, 0.1) is 0 Å². The van der Waals surface area contributed by atoms with E-state index in [2.05, 4.69) is 0 Å². The Kier molecular flexibility index (Phi) is 7.10. The van der Waals surface area contributed by atoms with E-state index in [-0.39, 0.29) is 12.4 Å². The van der Waals surface area contributed by atoms with Gasteiger partial charge >= 0.3 is 138 Å². The molecule has 0 unspecified atom stereocenters. The van der Waals surface area contributed by atoms with E-state index >= 15 is 0 Å². The molecule has 0 bridgehead atoms. The van der Waals surface area contributed by atoms with Crippen LogP contribution in [0.15, 0.2) is 91.0 Å². The van der Waals surface area contributed by atoms with Crippen LogP contribution in [0.4, 0.5) is 0 Å². The molecule has 0 amide bonds. The number of para-hydroxylation sites is 3. The molecule has 0 radical (unpaired) electrons. The third-order valence-electron chi connectivity index (χ3n) is 2.83. The maximum absolute atomic E-state index is 5.97. The molecule has 0 aromatic heterocycles. The number of hydrogen-bond donors (Lipinski definition) is 0. The molecule has 0 aliphatic rings. The minimum atomic E-state index is -3.06. The van der Waals surface area contributed by atoms with Crippen LogP contribution in [0, 0.1) is 0 Å². The molecule has 3 aromatic rings. The number of rotatable bonds is 6. The Morgan fingerprint density at radius 1 is 0.435 bits per heavy atom. The Morgan fingerprint density at radius 3 is 0.957 bits per heavy atom. The fourth-order valence-electron chi connectivity index (χ4n) is 1.82. The fourth-order valence-corrected chi connectivity index (χ4v) is 4.99. The van der Waals surface area contributed by atoms with Crippen molar-refractivity contribution < 1.29 is 21.6 Å². The van der Waals surface area contributed by atoms with E-state index in [0.29, 0.717) is 0 Å². The second-order valence-electron chi connectivity index (χ2n) is 4.50. The predicted molar refractivity (Wildman–Crippen MR) is 87.0 cm³/mol. The zero-order valence-electron chi connectivity index (χ0n) is 12.3. The summed E-state index contributed by atoms with van der Waals surface area (Å²) in [6.45, 7) is 0. The molecule has 0 N–H and O–H groups in total. The standard InChI is InChI=1S/3C6H6O.ClH.Sn/c3*7-6-4-2-1-3-5-6;;/h3*1-5,7H;1H;/q;;;;+4/p-4. The van der Waals surface area contributed by atoms with Gasteiger partial charge in [-0.2, -0.15) is 0 Å². The van der Waals surface area contributed by atoms with E-state index in [9.17, 15) is 0 Å². The Bertz CT molecular complexity index is 582. The molecular formula is C18H15ClO3Sn. The fraction of sp³-hybridized carbons (Fsp3) is 0. The van der Waals surface area contributed by atoms with Gasteiger partial charge in [0.1, 0.15) is 0 Å². The first kappa shape index (κ1) is 17.5. The van der Waals surface area contributed by atoms with Crippen molar-refractivity contribution in [3.8, 4) is 17.2 Å². The molecule has 0 atom stereocenters. The predicted octanol–water partition coefficient (Wildman–Crippen LogP) is 1.21. The average Bonchev–Trinajstić information content (AvgIpc) is 2.57. The maximum atomic E-state index is 5.97. The van der Waals surface area contributed by atoms with Crippen LogP contribution in [-0.4, -0.2) is 21.0 Å². The normalized spacial score (nSPS) is 9.39. The Hall–Kier alpha value is -1.85. The number of halogens is 1. The van der Waals surface area contributed by atoms with Crippen LogP contribution in [0.5, 0.6) is 17.2 Å². The van der Waals surface area contributed by atoms with Crippen LogP contribution < -0.4 is 21.6 Å². The van der Waals surface area contributed by atoms with Crippen molar-refractivity contribution in [3.63, 3.8) is 0 Å². The Morgan fingerprint density at radius 2 is 0.696 bits per heavy atom. The van der Waals surface area contributed by atoms with Crippen molar-refractivity contribution in [2.24, 2.45) is 0 Å². The summed E-state index contributed by atoms with van der Waals surface area (Å²) >= 11 is -3.06. The third kappa shape index (κ3) is 5.69. The molecule has 0 saturated heterocycles. The Labute approximate surface area is 150 Å². The molecule has 23 heavy (non-hydrogen) atoms. The first-order valence-electron chi connectivity index (χ1n) is 6.96. The molecule has 0 fully saturated rings. The van der Waals surface area contributed by atoms with Crippen molar-refractivity contribution in [1.29, 1.82) is 0 Å². The Balaban J connectivity index is 0.00000192. The molecule has 3 rings (SSSR count). The van der Waals surface area contributed by atoms with E-state index in [1.165, 1.54) is 0 Å². The summed E-state index contributed by atoms with van der Waals surface area (Å²) in [6, 6.07) is 28.9. The molecule has 116 valence electrons. The van der Waals surface area contributed by atoms with Crippen LogP contribution >= 0.6 is 0 Å². The van der Waals surface area contributed by atoms with Crippen molar-refractivity contribution in [2.45, 2.75) is 0 Å². The molecule has 0 spiro atoms. The molecule has 0 aliphatic carbocycles. The zero-order valence-corrected chi connectivity index (χ0v) is 15.9. The van der Waals surface area contributed by atoms with Crippen LogP contribution in [0.2, 0.25) is 0 Å². The zero-order chi connectivity index (χ0) is 15.0. The summed E-state index contributed by atoms with van der Waals surface area (Å²) in [4.78, 5) is 0. The van der Waals surface area contributed by atoms with Crippen LogP contribution in [0.1, 0.15) is 0 Å². The number of benzene rings is 3. The van der Waals surface area contributed by atoms with Gasteiger partial charge in [-0.05, 0) is 0 Å². The summed E-state index contributed by atoms with van der Waals surface area (Å²) in [5, 5.41) is 0. The first-order chi connectivity index (χ1) is 10.9. The van der Waals surface area contributed by atoms with Crippen LogP contribution in [0.3, 0.4) is 0 Å². The molecular weight excluding hydrogens is 418 g/mol. The molecule has 5 heteroatoms. The molecule has 0 saturated carbocycles. The quantitative estimate of drug-likeness (QED) is 0.547. The second-order valence-corrected chi connectivity index (χ2v) is 7.67. The van der Waals surface area contributed by atoms with Gasteiger partial charge < -0.3 is 12.4 Å². The van der Waals surface area contributed by atoms with E-state index in [1.54, 1.807) is 0 Å². The van der Waals surface area contributed by atoms with Gasteiger partial charge in [0, 0.05) is 0 Å². The summed E-state index contributed by atoms with van der Waals surface area (Å²) < 4.78 is 17.9. The van der Waals surface area contributed by atoms with Gasteiger partial charge in [-0.3, -0.25) is 0 Å². The van der Waals surface area contributed by atoms with Gasteiger partial charge in [-0.15, -0.1) is 0 Å². The summed E-state index contributed by atoms with van der Waals surface area (Å²) in [5.74, 6) is 2.30. The van der Waals surface area contributed by atoms with Crippen molar-refractivity contribution in [1.82, 2.24) is 0 Å². The minimum absolute atomic E-state index is 0. The topological polar surface area (TPSA) is 27.7 Å².